The summed E-state index contributed by atoms with van der Waals surface area (Å²) in [6, 6.07) is 3.58. The number of ether oxygens (including phenoxy) is 1. The Morgan fingerprint density at radius 2 is 2.19 bits per heavy atom. The molecule has 90 valence electrons. The molecule has 0 radical (unpaired) electrons. The maximum Gasteiger partial charge on any atom is 0.137 e. The van der Waals surface area contributed by atoms with Crippen LogP contribution in [0.1, 0.15) is 12.8 Å². The Morgan fingerprint density at radius 1 is 1.44 bits per heavy atom. The first-order valence-corrected chi connectivity index (χ1v) is 5.65. The van der Waals surface area contributed by atoms with Crippen LogP contribution in [0.4, 0.5) is 0 Å². The molecule has 1 N–H and O–H groups in total. The number of hydrogen-bond acceptors (Lipinski definition) is 4. The molecule has 2 heterocycles. The van der Waals surface area contributed by atoms with E-state index in [0.29, 0.717) is 12.4 Å². The van der Waals surface area contributed by atoms with Gasteiger partial charge in [-0.05, 0) is 45.1 Å². The monoisotopic (exact) mass is 224 g/mol. The van der Waals surface area contributed by atoms with Crippen molar-refractivity contribution < 1.29 is 9.84 Å². The van der Waals surface area contributed by atoms with Crippen molar-refractivity contribution in [1.82, 2.24) is 9.88 Å². The number of hydrogen-bond donors (Lipinski definition) is 1. The standard InChI is InChI=1S/C7H9NO2.C5H11N/c9-4-5-10-7-2-1-3-8-6-7;1-6-4-2-3-5-6/h1-3,6,9H,4-5H2;2-5H2,1H3. The zero-order valence-electron chi connectivity index (χ0n) is 9.80. The second kappa shape index (κ2) is 8.07. The lowest BCUT2D eigenvalue weighted by molar-refractivity contribution is 0.201. The van der Waals surface area contributed by atoms with E-state index in [0.717, 1.165) is 0 Å². The topological polar surface area (TPSA) is 45.6 Å². The summed E-state index contributed by atoms with van der Waals surface area (Å²) in [5.74, 6) is 0.691. The Bertz CT molecular complexity index is 261. The first-order chi connectivity index (χ1) is 7.83. The van der Waals surface area contributed by atoms with E-state index < -0.39 is 0 Å². The fraction of sp³-hybridized carbons (Fsp3) is 0.583. The van der Waals surface area contributed by atoms with Gasteiger partial charge in [0.25, 0.3) is 0 Å². The van der Waals surface area contributed by atoms with E-state index in [2.05, 4.69) is 16.9 Å². The van der Waals surface area contributed by atoms with E-state index in [9.17, 15) is 0 Å². The third kappa shape index (κ3) is 5.68. The van der Waals surface area contributed by atoms with Gasteiger partial charge >= 0.3 is 0 Å². The fourth-order valence-corrected chi connectivity index (χ4v) is 1.47. The normalized spacial score (nSPS) is 15.4. The highest BCUT2D eigenvalue weighted by atomic mass is 16.5. The molecular weight excluding hydrogens is 204 g/mol. The quantitative estimate of drug-likeness (QED) is 0.837. The molecule has 0 spiro atoms. The van der Waals surface area contributed by atoms with E-state index in [4.69, 9.17) is 9.84 Å². The van der Waals surface area contributed by atoms with Crippen LogP contribution in [-0.2, 0) is 0 Å². The first kappa shape index (κ1) is 12.9. The minimum atomic E-state index is 0.0366. The van der Waals surface area contributed by atoms with Crippen molar-refractivity contribution in [2.75, 3.05) is 33.4 Å². The van der Waals surface area contributed by atoms with Crippen molar-refractivity contribution in [2.24, 2.45) is 0 Å². The first-order valence-electron chi connectivity index (χ1n) is 5.65. The van der Waals surface area contributed by atoms with E-state index in [-0.39, 0.29) is 6.61 Å². The highest BCUT2D eigenvalue weighted by Gasteiger charge is 2.03. The molecule has 1 aliphatic rings. The van der Waals surface area contributed by atoms with Gasteiger partial charge in [0, 0.05) is 6.20 Å². The van der Waals surface area contributed by atoms with E-state index in [1.807, 2.05) is 0 Å². The summed E-state index contributed by atoms with van der Waals surface area (Å²) in [6.45, 7) is 3.00. The Kier molecular flexibility index (Phi) is 6.53. The molecule has 0 bridgehead atoms. The Morgan fingerprint density at radius 3 is 2.62 bits per heavy atom. The summed E-state index contributed by atoms with van der Waals surface area (Å²) in [4.78, 5) is 6.19. The average Bonchev–Trinajstić information content (AvgIpc) is 2.80. The zero-order chi connectivity index (χ0) is 11.6. The van der Waals surface area contributed by atoms with Crippen molar-refractivity contribution in [3.05, 3.63) is 24.5 Å². The second-order valence-corrected chi connectivity index (χ2v) is 3.77. The number of rotatable bonds is 3. The zero-order valence-corrected chi connectivity index (χ0v) is 9.80. The molecule has 1 aromatic rings. The van der Waals surface area contributed by atoms with E-state index in [1.54, 1.807) is 24.5 Å². The van der Waals surface area contributed by atoms with Crippen LogP contribution < -0.4 is 4.74 Å². The molecule has 1 saturated heterocycles. The van der Waals surface area contributed by atoms with Gasteiger partial charge in [-0.2, -0.15) is 0 Å². The maximum absolute atomic E-state index is 8.38. The van der Waals surface area contributed by atoms with Gasteiger partial charge in [-0.25, -0.2) is 0 Å². The largest absolute Gasteiger partial charge is 0.490 e. The van der Waals surface area contributed by atoms with Crippen LogP contribution >= 0.6 is 0 Å². The van der Waals surface area contributed by atoms with Crippen molar-refractivity contribution in [2.45, 2.75) is 12.8 Å². The summed E-state index contributed by atoms with van der Waals surface area (Å²) in [5, 5.41) is 8.38. The van der Waals surface area contributed by atoms with Crippen molar-refractivity contribution in [3.8, 4) is 5.75 Å². The maximum atomic E-state index is 8.38. The molecule has 0 amide bonds. The van der Waals surface area contributed by atoms with Gasteiger partial charge in [0.05, 0.1) is 12.8 Å². The third-order valence-electron chi connectivity index (χ3n) is 2.32. The fourth-order valence-electron chi connectivity index (χ4n) is 1.47. The predicted octanol–water partition coefficient (Wildman–Crippen LogP) is 1.16. The van der Waals surface area contributed by atoms with Gasteiger partial charge in [-0.3, -0.25) is 4.98 Å². The molecule has 16 heavy (non-hydrogen) atoms. The summed E-state index contributed by atoms with van der Waals surface area (Å²) in [5.41, 5.74) is 0. The summed E-state index contributed by atoms with van der Waals surface area (Å²) in [6.07, 6.45) is 6.11. The number of aliphatic hydroxyl groups is 1. The van der Waals surface area contributed by atoms with Gasteiger partial charge in [0.2, 0.25) is 0 Å². The van der Waals surface area contributed by atoms with Crippen molar-refractivity contribution in [3.63, 3.8) is 0 Å². The lowest BCUT2D eigenvalue weighted by Crippen LogP contribution is -2.10. The molecule has 0 atom stereocenters. The Hall–Kier alpha value is -1.13. The molecule has 0 aliphatic carbocycles. The number of aromatic nitrogens is 1. The smallest absolute Gasteiger partial charge is 0.137 e. The van der Waals surface area contributed by atoms with Crippen LogP contribution in [-0.4, -0.2) is 48.3 Å². The Balaban J connectivity index is 0.000000181. The molecule has 0 saturated carbocycles. The molecule has 1 aromatic heterocycles. The van der Waals surface area contributed by atoms with Gasteiger partial charge in [0.15, 0.2) is 0 Å². The van der Waals surface area contributed by atoms with E-state index in [1.165, 1.54) is 25.9 Å². The third-order valence-corrected chi connectivity index (χ3v) is 2.32. The van der Waals surface area contributed by atoms with Crippen LogP contribution in [0, 0.1) is 0 Å². The summed E-state index contributed by atoms with van der Waals surface area (Å²) < 4.78 is 5.04. The number of likely N-dealkylation sites (tertiary alicyclic amines) is 1. The van der Waals surface area contributed by atoms with Gasteiger partial charge in [-0.15, -0.1) is 0 Å². The lowest BCUT2D eigenvalue weighted by atomic mass is 10.4. The van der Waals surface area contributed by atoms with E-state index >= 15 is 0 Å². The Labute approximate surface area is 96.9 Å². The highest BCUT2D eigenvalue weighted by Crippen LogP contribution is 2.04. The molecule has 1 aliphatic heterocycles. The minimum absolute atomic E-state index is 0.0366. The van der Waals surface area contributed by atoms with Crippen LogP contribution in [0.5, 0.6) is 5.75 Å². The molecule has 0 aromatic carbocycles. The highest BCUT2D eigenvalue weighted by molar-refractivity contribution is 5.15. The van der Waals surface area contributed by atoms with Gasteiger partial charge < -0.3 is 14.7 Å². The lowest BCUT2D eigenvalue weighted by Gasteiger charge is -2.01. The van der Waals surface area contributed by atoms with Crippen LogP contribution in [0.15, 0.2) is 24.5 Å². The van der Waals surface area contributed by atoms with Crippen molar-refractivity contribution in [1.29, 1.82) is 0 Å². The number of aliphatic hydroxyl groups excluding tert-OH is 1. The molecule has 1 fully saturated rings. The summed E-state index contributed by atoms with van der Waals surface area (Å²) >= 11 is 0. The summed E-state index contributed by atoms with van der Waals surface area (Å²) in [7, 11) is 2.17. The molecule has 2 rings (SSSR count). The van der Waals surface area contributed by atoms with Crippen LogP contribution in [0.3, 0.4) is 0 Å². The van der Waals surface area contributed by atoms with Gasteiger partial charge in [0.1, 0.15) is 12.4 Å². The SMILES string of the molecule is CN1CCCC1.OCCOc1cccnc1. The predicted molar refractivity (Wildman–Crippen MR) is 63.5 cm³/mol. The second-order valence-electron chi connectivity index (χ2n) is 3.77. The van der Waals surface area contributed by atoms with Crippen molar-refractivity contribution >= 4 is 0 Å². The molecule has 4 nitrogen and oxygen atoms in total. The van der Waals surface area contributed by atoms with Crippen LogP contribution in [0.2, 0.25) is 0 Å². The molecule has 0 unspecified atom stereocenters. The number of pyridine rings is 1. The van der Waals surface area contributed by atoms with Crippen LogP contribution in [0.25, 0.3) is 0 Å². The minimum Gasteiger partial charge on any atom is -0.490 e. The molecule has 4 heteroatoms. The molecular formula is C12H20N2O2. The average molecular weight is 224 g/mol. The number of nitrogens with zero attached hydrogens (tertiary/aromatic N) is 2. The van der Waals surface area contributed by atoms with Gasteiger partial charge in [-0.1, -0.05) is 0 Å².